The Labute approximate surface area is 87.5 Å². The van der Waals surface area contributed by atoms with Gasteiger partial charge in [0.1, 0.15) is 5.69 Å². The molecule has 1 fully saturated rings. The minimum absolute atomic E-state index is 0.262. The van der Waals surface area contributed by atoms with Gasteiger partial charge in [-0.05, 0) is 18.6 Å². The maximum absolute atomic E-state index is 10.8. The largest absolute Gasteiger partial charge is 0.391 e. The lowest BCUT2D eigenvalue weighted by Gasteiger charge is -2.16. The van der Waals surface area contributed by atoms with E-state index >= 15 is 0 Å². The number of anilines is 1. The van der Waals surface area contributed by atoms with E-state index in [1.54, 1.807) is 18.3 Å². The van der Waals surface area contributed by atoms with Crippen molar-refractivity contribution >= 4 is 11.6 Å². The number of hydrogen-bond donors (Lipinski definition) is 2. The van der Waals surface area contributed by atoms with Gasteiger partial charge in [0.2, 0.25) is 0 Å². The molecule has 1 saturated heterocycles. The molecule has 0 aliphatic carbocycles. The van der Waals surface area contributed by atoms with Gasteiger partial charge in [-0.3, -0.25) is 4.79 Å². The molecule has 0 aromatic carbocycles. The number of carbonyl (C=O) groups excluding carboxylic acids is 1. The van der Waals surface area contributed by atoms with Crippen LogP contribution in [0.15, 0.2) is 18.3 Å². The number of pyridine rings is 1. The minimum Gasteiger partial charge on any atom is -0.391 e. The lowest BCUT2D eigenvalue weighted by Crippen LogP contribution is -2.21. The number of aliphatic hydroxyl groups is 1. The summed E-state index contributed by atoms with van der Waals surface area (Å²) < 4.78 is 0. The first-order valence-electron chi connectivity index (χ1n) is 4.85. The molecule has 0 radical (unpaired) electrons. The van der Waals surface area contributed by atoms with Crippen LogP contribution < -0.4 is 10.6 Å². The molecule has 1 aliphatic rings. The van der Waals surface area contributed by atoms with Gasteiger partial charge in [0.25, 0.3) is 5.91 Å². The molecule has 0 saturated carbocycles. The van der Waals surface area contributed by atoms with Crippen molar-refractivity contribution in [2.24, 2.45) is 5.73 Å². The molecule has 1 aromatic rings. The first-order chi connectivity index (χ1) is 7.16. The lowest BCUT2D eigenvalue weighted by atomic mass is 10.3. The Kier molecular flexibility index (Phi) is 2.55. The molecule has 15 heavy (non-hydrogen) atoms. The van der Waals surface area contributed by atoms with Gasteiger partial charge in [0.05, 0.1) is 18.0 Å². The molecule has 0 spiro atoms. The van der Waals surface area contributed by atoms with Crippen molar-refractivity contribution in [2.75, 3.05) is 18.0 Å². The summed E-state index contributed by atoms with van der Waals surface area (Å²) in [4.78, 5) is 16.8. The Balaban J connectivity index is 2.13. The number of β-amino-alcohol motifs (C(OH)–C–C–N with tert-alkyl or cyclic N) is 1. The molecule has 80 valence electrons. The Morgan fingerprint density at radius 1 is 1.60 bits per heavy atom. The van der Waals surface area contributed by atoms with Gasteiger partial charge in [-0.1, -0.05) is 0 Å². The molecular formula is C10H13N3O2. The van der Waals surface area contributed by atoms with Crippen LogP contribution in [0, 0.1) is 0 Å². The Bertz CT molecular complexity index is 363. The fourth-order valence-corrected chi connectivity index (χ4v) is 1.70. The number of hydrogen-bond acceptors (Lipinski definition) is 4. The van der Waals surface area contributed by atoms with Gasteiger partial charge < -0.3 is 15.7 Å². The van der Waals surface area contributed by atoms with E-state index in [0.29, 0.717) is 6.54 Å². The predicted octanol–water partition coefficient (Wildman–Crippen LogP) is -0.249. The summed E-state index contributed by atoms with van der Waals surface area (Å²) in [6.45, 7) is 1.44. The van der Waals surface area contributed by atoms with Crippen molar-refractivity contribution in [3.8, 4) is 0 Å². The second-order valence-electron chi connectivity index (χ2n) is 3.65. The quantitative estimate of drug-likeness (QED) is 0.701. The highest BCUT2D eigenvalue weighted by molar-refractivity contribution is 5.90. The third-order valence-electron chi connectivity index (χ3n) is 2.53. The first-order valence-corrected chi connectivity index (χ1v) is 4.85. The SMILES string of the molecule is NC(=O)c1ccc(N2CC[C@@H](O)C2)cn1. The average Bonchev–Trinajstić information content (AvgIpc) is 2.65. The van der Waals surface area contributed by atoms with Gasteiger partial charge >= 0.3 is 0 Å². The maximum atomic E-state index is 10.8. The van der Waals surface area contributed by atoms with E-state index in [2.05, 4.69) is 4.98 Å². The van der Waals surface area contributed by atoms with E-state index in [9.17, 15) is 9.90 Å². The molecule has 1 aliphatic heterocycles. The molecule has 2 rings (SSSR count). The number of nitrogens with two attached hydrogens (primary N) is 1. The van der Waals surface area contributed by atoms with Crippen LogP contribution in [-0.2, 0) is 0 Å². The van der Waals surface area contributed by atoms with Crippen LogP contribution in [-0.4, -0.2) is 35.2 Å². The smallest absolute Gasteiger partial charge is 0.267 e. The highest BCUT2D eigenvalue weighted by Crippen LogP contribution is 2.19. The third kappa shape index (κ3) is 2.07. The van der Waals surface area contributed by atoms with Crippen molar-refractivity contribution in [1.29, 1.82) is 0 Å². The van der Waals surface area contributed by atoms with Crippen LogP contribution >= 0.6 is 0 Å². The molecule has 1 atom stereocenters. The molecular weight excluding hydrogens is 194 g/mol. The fourth-order valence-electron chi connectivity index (χ4n) is 1.70. The van der Waals surface area contributed by atoms with Crippen LogP contribution in [0.4, 0.5) is 5.69 Å². The van der Waals surface area contributed by atoms with Gasteiger partial charge in [0.15, 0.2) is 0 Å². The Morgan fingerprint density at radius 3 is 2.87 bits per heavy atom. The molecule has 3 N–H and O–H groups in total. The maximum Gasteiger partial charge on any atom is 0.267 e. The minimum atomic E-state index is -0.525. The Morgan fingerprint density at radius 2 is 2.40 bits per heavy atom. The zero-order valence-electron chi connectivity index (χ0n) is 8.26. The average molecular weight is 207 g/mol. The van der Waals surface area contributed by atoms with Crippen molar-refractivity contribution in [2.45, 2.75) is 12.5 Å². The number of aliphatic hydroxyl groups excluding tert-OH is 1. The van der Waals surface area contributed by atoms with E-state index in [-0.39, 0.29) is 11.8 Å². The normalized spacial score (nSPS) is 20.6. The number of carbonyl (C=O) groups is 1. The fraction of sp³-hybridized carbons (Fsp3) is 0.400. The molecule has 0 bridgehead atoms. The summed E-state index contributed by atoms with van der Waals surface area (Å²) in [5.74, 6) is -0.525. The molecule has 2 heterocycles. The van der Waals surface area contributed by atoms with Crippen LogP contribution in [0.5, 0.6) is 0 Å². The van der Waals surface area contributed by atoms with Crippen LogP contribution in [0.2, 0.25) is 0 Å². The van der Waals surface area contributed by atoms with E-state index in [0.717, 1.165) is 18.7 Å². The van der Waals surface area contributed by atoms with E-state index < -0.39 is 5.91 Å². The molecule has 0 unspecified atom stereocenters. The number of nitrogens with zero attached hydrogens (tertiary/aromatic N) is 2. The molecule has 1 aromatic heterocycles. The zero-order valence-corrected chi connectivity index (χ0v) is 8.26. The second kappa shape index (κ2) is 3.86. The zero-order chi connectivity index (χ0) is 10.8. The summed E-state index contributed by atoms with van der Waals surface area (Å²) in [6.07, 6.45) is 2.12. The van der Waals surface area contributed by atoms with E-state index in [4.69, 9.17) is 5.73 Å². The van der Waals surface area contributed by atoms with E-state index in [1.165, 1.54) is 0 Å². The van der Waals surface area contributed by atoms with Gasteiger partial charge in [-0.2, -0.15) is 0 Å². The standard InChI is InChI=1S/C10H13N3O2/c11-10(15)9-2-1-7(5-12-9)13-4-3-8(14)6-13/h1-2,5,8,14H,3-4,6H2,(H2,11,15)/t8-/m1/s1. The van der Waals surface area contributed by atoms with Crippen LogP contribution in [0.3, 0.4) is 0 Å². The highest BCUT2D eigenvalue weighted by Gasteiger charge is 2.20. The van der Waals surface area contributed by atoms with Crippen molar-refractivity contribution in [3.63, 3.8) is 0 Å². The molecule has 1 amide bonds. The number of primary amides is 1. The summed E-state index contributed by atoms with van der Waals surface area (Å²) in [6, 6.07) is 3.40. The Hall–Kier alpha value is -1.62. The van der Waals surface area contributed by atoms with Gasteiger partial charge in [-0.15, -0.1) is 0 Å². The topological polar surface area (TPSA) is 79.5 Å². The number of rotatable bonds is 2. The molecule has 5 heteroatoms. The lowest BCUT2D eigenvalue weighted by molar-refractivity contribution is 0.0995. The van der Waals surface area contributed by atoms with Crippen LogP contribution in [0.1, 0.15) is 16.9 Å². The van der Waals surface area contributed by atoms with Gasteiger partial charge in [-0.25, -0.2) is 4.98 Å². The van der Waals surface area contributed by atoms with Crippen LogP contribution in [0.25, 0.3) is 0 Å². The summed E-state index contributed by atoms with van der Waals surface area (Å²) in [5, 5.41) is 9.37. The molecule has 5 nitrogen and oxygen atoms in total. The highest BCUT2D eigenvalue weighted by atomic mass is 16.3. The summed E-state index contributed by atoms with van der Waals surface area (Å²) in [5.41, 5.74) is 6.26. The predicted molar refractivity (Wildman–Crippen MR) is 55.6 cm³/mol. The van der Waals surface area contributed by atoms with Crippen molar-refractivity contribution < 1.29 is 9.90 Å². The third-order valence-corrected chi connectivity index (χ3v) is 2.53. The van der Waals surface area contributed by atoms with Gasteiger partial charge in [0, 0.05) is 13.1 Å². The number of amides is 1. The second-order valence-corrected chi connectivity index (χ2v) is 3.65. The first kappa shape index (κ1) is 9.92. The summed E-state index contributed by atoms with van der Waals surface area (Å²) in [7, 11) is 0. The number of aromatic nitrogens is 1. The summed E-state index contributed by atoms with van der Waals surface area (Å²) >= 11 is 0. The van der Waals surface area contributed by atoms with Crippen molar-refractivity contribution in [1.82, 2.24) is 4.98 Å². The monoisotopic (exact) mass is 207 g/mol. The van der Waals surface area contributed by atoms with Crippen molar-refractivity contribution in [3.05, 3.63) is 24.0 Å². The van der Waals surface area contributed by atoms with E-state index in [1.807, 2.05) is 4.90 Å².